The summed E-state index contributed by atoms with van der Waals surface area (Å²) in [5, 5.41) is 10.3. The Bertz CT molecular complexity index is 774. The summed E-state index contributed by atoms with van der Waals surface area (Å²) in [6, 6.07) is 1.73. The first-order valence-electron chi connectivity index (χ1n) is 5.86. The molecule has 0 aliphatic rings. The van der Waals surface area contributed by atoms with Crippen LogP contribution in [0.15, 0.2) is 28.7 Å². The summed E-state index contributed by atoms with van der Waals surface area (Å²) in [6.07, 6.45) is 3.74. The maximum atomic E-state index is 12.0. The Morgan fingerprint density at radius 1 is 1.57 bits per heavy atom. The minimum Gasteiger partial charge on any atom is -0.478 e. The van der Waals surface area contributed by atoms with Crippen LogP contribution in [0.1, 0.15) is 16.3 Å². The quantitative estimate of drug-likeness (QED) is 0.693. The average Bonchev–Trinajstić information content (AvgIpc) is 3.03. The van der Waals surface area contributed by atoms with Gasteiger partial charge in [-0.15, -0.1) is 11.3 Å². The van der Waals surface area contributed by atoms with E-state index in [2.05, 4.69) is 14.7 Å². The van der Waals surface area contributed by atoms with Crippen LogP contribution in [0, 0.1) is 6.92 Å². The van der Waals surface area contributed by atoms with Crippen molar-refractivity contribution in [3.05, 3.63) is 40.0 Å². The van der Waals surface area contributed by atoms with E-state index >= 15 is 0 Å². The molecule has 0 amide bonds. The number of carboxylic acids is 1. The number of rotatable bonds is 6. The highest BCUT2D eigenvalue weighted by molar-refractivity contribution is 7.89. The highest BCUT2D eigenvalue weighted by atomic mass is 32.2. The van der Waals surface area contributed by atoms with Gasteiger partial charge in [0.1, 0.15) is 5.82 Å². The molecule has 0 radical (unpaired) electrons. The molecule has 2 rings (SSSR count). The number of hydrogen-bond donors (Lipinski definition) is 3. The van der Waals surface area contributed by atoms with E-state index < -0.39 is 16.0 Å². The lowest BCUT2D eigenvalue weighted by molar-refractivity contribution is -0.131. The van der Waals surface area contributed by atoms with Crippen LogP contribution in [-0.4, -0.2) is 29.5 Å². The molecule has 3 N–H and O–H groups in total. The number of nitrogens with one attached hydrogen (secondary N) is 2. The summed E-state index contributed by atoms with van der Waals surface area (Å²) in [5.41, 5.74) is 0.717. The summed E-state index contributed by atoms with van der Waals surface area (Å²) in [4.78, 5) is 17.7. The molecule has 7 nitrogen and oxygen atoms in total. The zero-order valence-electron chi connectivity index (χ0n) is 11.0. The number of aromatic amines is 1. The number of H-pyrrole nitrogens is 1. The lowest BCUT2D eigenvalue weighted by atomic mass is 10.3. The van der Waals surface area contributed by atoms with Crippen LogP contribution < -0.4 is 4.72 Å². The molecule has 0 atom stereocenters. The molecule has 0 saturated carbocycles. The Kier molecular flexibility index (Phi) is 4.56. The van der Waals surface area contributed by atoms with Crippen molar-refractivity contribution in [2.75, 3.05) is 0 Å². The smallest absolute Gasteiger partial charge is 0.328 e. The third-order valence-electron chi connectivity index (χ3n) is 2.50. The van der Waals surface area contributed by atoms with E-state index in [1.165, 1.54) is 23.6 Å². The first-order valence-corrected chi connectivity index (χ1v) is 8.23. The van der Waals surface area contributed by atoms with Crippen molar-refractivity contribution in [1.29, 1.82) is 0 Å². The number of carboxylic acid groups (broad SMARTS) is 1. The number of carbonyl (C=O) groups is 1. The van der Waals surface area contributed by atoms with Gasteiger partial charge in [0, 0.05) is 17.5 Å². The Hall–Kier alpha value is -1.97. The van der Waals surface area contributed by atoms with E-state index in [0.29, 0.717) is 11.4 Å². The molecule has 0 aliphatic carbocycles. The molecule has 21 heavy (non-hydrogen) atoms. The summed E-state index contributed by atoms with van der Waals surface area (Å²) < 4.78 is 26.4. The first-order chi connectivity index (χ1) is 9.87. The van der Waals surface area contributed by atoms with Crippen LogP contribution in [0.4, 0.5) is 0 Å². The summed E-state index contributed by atoms with van der Waals surface area (Å²) in [5.74, 6) is -0.509. The van der Waals surface area contributed by atoms with Gasteiger partial charge in [0.2, 0.25) is 0 Å². The summed E-state index contributed by atoms with van der Waals surface area (Å²) in [6.45, 7) is 1.80. The van der Waals surface area contributed by atoms with Gasteiger partial charge in [0.25, 0.3) is 10.0 Å². The van der Waals surface area contributed by atoms with Crippen LogP contribution in [0.3, 0.4) is 0 Å². The Labute approximate surface area is 125 Å². The van der Waals surface area contributed by atoms with E-state index in [4.69, 9.17) is 5.11 Å². The molecule has 2 aromatic heterocycles. The SMILES string of the molecule is Cc1ncc(S(=O)(=O)NCc2cc(C=CC(=O)O)cs2)[nH]1. The molecule has 0 saturated heterocycles. The molecule has 0 spiro atoms. The van der Waals surface area contributed by atoms with E-state index in [9.17, 15) is 13.2 Å². The fraction of sp³-hybridized carbons (Fsp3) is 0.167. The zero-order valence-corrected chi connectivity index (χ0v) is 12.7. The van der Waals surface area contributed by atoms with Crippen molar-refractivity contribution in [1.82, 2.24) is 14.7 Å². The van der Waals surface area contributed by atoms with Crippen molar-refractivity contribution in [3.63, 3.8) is 0 Å². The fourth-order valence-electron chi connectivity index (χ4n) is 1.52. The molecule has 2 heterocycles. The van der Waals surface area contributed by atoms with E-state index in [0.717, 1.165) is 11.0 Å². The predicted molar refractivity (Wildman–Crippen MR) is 78.3 cm³/mol. The van der Waals surface area contributed by atoms with Crippen LogP contribution in [0.5, 0.6) is 0 Å². The van der Waals surface area contributed by atoms with E-state index in [1.54, 1.807) is 18.4 Å². The van der Waals surface area contributed by atoms with Crippen molar-refractivity contribution < 1.29 is 18.3 Å². The van der Waals surface area contributed by atoms with Crippen molar-refractivity contribution in [2.45, 2.75) is 18.5 Å². The van der Waals surface area contributed by atoms with Gasteiger partial charge in [-0.1, -0.05) is 0 Å². The molecule has 0 aliphatic heterocycles. The minimum atomic E-state index is -3.63. The first kappa shape index (κ1) is 15.4. The number of aryl methyl sites for hydroxylation is 1. The van der Waals surface area contributed by atoms with Crippen molar-refractivity contribution in [3.8, 4) is 0 Å². The number of aromatic nitrogens is 2. The summed E-state index contributed by atoms with van der Waals surface area (Å²) in [7, 11) is -3.63. The standard InChI is InChI=1S/C12H13N3O4S2/c1-8-13-6-11(15-8)21(18,19)14-5-10-4-9(7-20-10)2-3-12(16)17/h2-4,6-7,14H,5H2,1H3,(H,13,15)(H,16,17). The van der Waals surface area contributed by atoms with Crippen molar-refractivity contribution >= 4 is 33.4 Å². The summed E-state index contributed by atoms with van der Waals surface area (Å²) >= 11 is 1.35. The second-order valence-corrected chi connectivity index (χ2v) is 6.91. The van der Waals surface area contributed by atoms with Gasteiger partial charge in [-0.25, -0.2) is 22.9 Å². The van der Waals surface area contributed by atoms with E-state index in [1.807, 2.05) is 0 Å². The maximum Gasteiger partial charge on any atom is 0.328 e. The minimum absolute atomic E-state index is 0.0163. The lowest BCUT2D eigenvalue weighted by Crippen LogP contribution is -2.23. The Balaban J connectivity index is 2.01. The highest BCUT2D eigenvalue weighted by Gasteiger charge is 2.16. The van der Waals surface area contributed by atoms with Gasteiger partial charge in [0.05, 0.1) is 6.20 Å². The Morgan fingerprint density at radius 2 is 2.33 bits per heavy atom. The lowest BCUT2D eigenvalue weighted by Gasteiger charge is -2.02. The van der Waals surface area contributed by atoms with Gasteiger partial charge in [0.15, 0.2) is 5.03 Å². The number of thiophene rings is 1. The van der Waals surface area contributed by atoms with Gasteiger partial charge in [-0.05, 0) is 30.0 Å². The number of aliphatic carboxylic acids is 1. The third-order valence-corrected chi connectivity index (χ3v) is 4.76. The number of sulfonamides is 1. The second kappa shape index (κ2) is 6.20. The molecule has 0 fully saturated rings. The molecule has 9 heteroatoms. The number of imidazole rings is 1. The van der Waals surface area contributed by atoms with Crippen LogP contribution in [0.2, 0.25) is 0 Å². The van der Waals surface area contributed by atoms with Gasteiger partial charge in [-0.2, -0.15) is 0 Å². The highest BCUT2D eigenvalue weighted by Crippen LogP contribution is 2.16. The van der Waals surface area contributed by atoms with Gasteiger partial charge in [-0.3, -0.25) is 0 Å². The van der Waals surface area contributed by atoms with Crippen LogP contribution in [0.25, 0.3) is 6.08 Å². The largest absolute Gasteiger partial charge is 0.478 e. The van der Waals surface area contributed by atoms with Gasteiger partial charge < -0.3 is 10.1 Å². The number of nitrogens with zero attached hydrogens (tertiary/aromatic N) is 1. The molecule has 0 aromatic carbocycles. The molecular formula is C12H13N3O4S2. The molecular weight excluding hydrogens is 314 g/mol. The normalized spacial score (nSPS) is 12.0. The zero-order chi connectivity index (χ0) is 15.5. The average molecular weight is 327 g/mol. The maximum absolute atomic E-state index is 12.0. The van der Waals surface area contributed by atoms with Crippen LogP contribution >= 0.6 is 11.3 Å². The third kappa shape index (κ3) is 4.25. The molecule has 112 valence electrons. The van der Waals surface area contributed by atoms with Gasteiger partial charge >= 0.3 is 5.97 Å². The van der Waals surface area contributed by atoms with E-state index in [-0.39, 0.29) is 11.6 Å². The van der Waals surface area contributed by atoms with Crippen molar-refractivity contribution in [2.24, 2.45) is 0 Å². The fourth-order valence-corrected chi connectivity index (χ4v) is 3.38. The Morgan fingerprint density at radius 3 is 2.95 bits per heavy atom. The van der Waals surface area contributed by atoms with Crippen LogP contribution in [-0.2, 0) is 21.4 Å². The topological polar surface area (TPSA) is 112 Å². The predicted octanol–water partition coefficient (Wildman–Crippen LogP) is 1.36. The second-order valence-electron chi connectivity index (χ2n) is 4.18. The number of hydrogen-bond acceptors (Lipinski definition) is 5. The molecule has 0 unspecified atom stereocenters. The molecule has 0 bridgehead atoms. The monoisotopic (exact) mass is 327 g/mol. The molecule has 2 aromatic rings.